The van der Waals surface area contributed by atoms with Gasteiger partial charge >= 0.3 is 0 Å². The summed E-state index contributed by atoms with van der Waals surface area (Å²) >= 11 is 6.17. The van der Waals surface area contributed by atoms with Crippen molar-refractivity contribution in [2.24, 2.45) is 0 Å². The summed E-state index contributed by atoms with van der Waals surface area (Å²) in [6, 6.07) is 8.21. The Morgan fingerprint density at radius 2 is 1.77 bits per heavy atom. The largest absolute Gasteiger partial charge is 0.301 e. The van der Waals surface area contributed by atoms with Crippen molar-refractivity contribution in [3.8, 4) is 0 Å². The van der Waals surface area contributed by atoms with Gasteiger partial charge in [-0.3, -0.25) is 19.4 Å². The minimum Gasteiger partial charge on any atom is -0.301 e. The van der Waals surface area contributed by atoms with Gasteiger partial charge in [-0.1, -0.05) is 30.3 Å². The number of nitrogens with zero attached hydrogens (tertiary/aromatic N) is 1. The Morgan fingerprint density at radius 3 is 2.41 bits per heavy atom. The SMILES string of the molecule is O=C1NC(=S)NC(=O)C1NN1C(=O)CSC1c1ccccc1. The highest BCUT2D eigenvalue weighted by atomic mass is 32.2. The number of amides is 3. The summed E-state index contributed by atoms with van der Waals surface area (Å²) in [6.07, 6.45) is 0. The molecule has 0 aromatic heterocycles. The molecule has 2 saturated heterocycles. The third-order valence-corrected chi connectivity index (χ3v) is 4.64. The number of rotatable bonds is 3. The third kappa shape index (κ3) is 2.82. The number of hydrogen-bond donors (Lipinski definition) is 3. The van der Waals surface area contributed by atoms with Crippen LogP contribution in [-0.4, -0.2) is 39.6 Å². The first-order valence-electron chi connectivity index (χ1n) is 6.47. The fourth-order valence-corrected chi connectivity index (χ4v) is 3.52. The van der Waals surface area contributed by atoms with Crippen molar-refractivity contribution in [1.82, 2.24) is 21.1 Å². The average molecular weight is 336 g/mol. The van der Waals surface area contributed by atoms with Gasteiger partial charge < -0.3 is 10.6 Å². The van der Waals surface area contributed by atoms with Crippen LogP contribution in [0.5, 0.6) is 0 Å². The van der Waals surface area contributed by atoms with Gasteiger partial charge in [0.1, 0.15) is 5.37 Å². The van der Waals surface area contributed by atoms with E-state index < -0.39 is 17.9 Å². The standard InChI is InChI=1S/C13H12N4O3S2/c18-8-6-22-12(7-4-2-1-3-5-7)17(8)16-9-10(19)14-13(21)15-11(9)20/h1-5,9,12,16H,6H2,(H2,14,15,19,20,21). The zero-order valence-corrected chi connectivity index (χ0v) is 12.9. The Bertz CT molecular complexity index is 632. The van der Waals surface area contributed by atoms with Crippen LogP contribution >= 0.6 is 24.0 Å². The second kappa shape index (κ2) is 6.03. The molecule has 2 heterocycles. The topological polar surface area (TPSA) is 90.5 Å². The highest BCUT2D eigenvalue weighted by Crippen LogP contribution is 2.37. The van der Waals surface area contributed by atoms with E-state index in [1.807, 2.05) is 30.3 Å². The van der Waals surface area contributed by atoms with Gasteiger partial charge in [-0.2, -0.15) is 0 Å². The molecule has 3 N–H and O–H groups in total. The molecular formula is C13H12N4O3S2. The van der Waals surface area contributed by atoms with Crippen LogP contribution < -0.4 is 16.1 Å². The van der Waals surface area contributed by atoms with Crippen molar-refractivity contribution in [3.05, 3.63) is 35.9 Å². The number of carbonyl (C=O) groups is 3. The molecule has 0 radical (unpaired) electrons. The lowest BCUT2D eigenvalue weighted by Crippen LogP contribution is -2.66. The third-order valence-electron chi connectivity index (χ3n) is 3.22. The molecule has 0 aliphatic carbocycles. The molecule has 3 amide bonds. The number of carbonyl (C=O) groups excluding carboxylic acids is 3. The summed E-state index contributed by atoms with van der Waals surface area (Å²) in [5, 5.41) is 5.72. The smallest absolute Gasteiger partial charge is 0.254 e. The monoisotopic (exact) mass is 336 g/mol. The van der Waals surface area contributed by atoms with Crippen LogP contribution in [0.4, 0.5) is 0 Å². The zero-order chi connectivity index (χ0) is 15.7. The van der Waals surface area contributed by atoms with Gasteiger partial charge in [0.25, 0.3) is 11.8 Å². The van der Waals surface area contributed by atoms with E-state index in [2.05, 4.69) is 16.1 Å². The summed E-state index contributed by atoms with van der Waals surface area (Å²) < 4.78 is 0. The summed E-state index contributed by atoms with van der Waals surface area (Å²) in [5.74, 6) is -1.07. The van der Waals surface area contributed by atoms with Crippen molar-refractivity contribution in [2.45, 2.75) is 11.4 Å². The van der Waals surface area contributed by atoms with Crippen LogP contribution in [0, 0.1) is 0 Å². The molecule has 0 bridgehead atoms. The van der Waals surface area contributed by atoms with Crippen molar-refractivity contribution in [3.63, 3.8) is 0 Å². The van der Waals surface area contributed by atoms with Gasteiger partial charge in [-0.25, -0.2) is 5.43 Å². The lowest BCUT2D eigenvalue weighted by molar-refractivity contribution is -0.139. The molecule has 2 fully saturated rings. The quantitative estimate of drug-likeness (QED) is 0.517. The van der Waals surface area contributed by atoms with Crippen LogP contribution in [0.25, 0.3) is 0 Å². The summed E-state index contributed by atoms with van der Waals surface area (Å²) in [4.78, 5) is 35.8. The molecule has 1 aromatic rings. The molecule has 22 heavy (non-hydrogen) atoms. The van der Waals surface area contributed by atoms with Gasteiger partial charge in [0.15, 0.2) is 11.2 Å². The van der Waals surface area contributed by atoms with Crippen LogP contribution in [-0.2, 0) is 14.4 Å². The fraction of sp³-hybridized carbons (Fsp3) is 0.231. The van der Waals surface area contributed by atoms with E-state index >= 15 is 0 Å². The lowest BCUT2D eigenvalue weighted by atomic mass is 10.2. The van der Waals surface area contributed by atoms with Crippen LogP contribution in [0.15, 0.2) is 30.3 Å². The Balaban J connectivity index is 1.80. The van der Waals surface area contributed by atoms with Crippen LogP contribution in [0.3, 0.4) is 0 Å². The normalized spacial score (nSPS) is 22.7. The maximum Gasteiger partial charge on any atom is 0.254 e. The van der Waals surface area contributed by atoms with Gasteiger partial charge in [-0.15, -0.1) is 11.8 Å². The highest BCUT2D eigenvalue weighted by Gasteiger charge is 2.40. The lowest BCUT2D eigenvalue weighted by Gasteiger charge is -2.30. The molecule has 2 aliphatic heterocycles. The average Bonchev–Trinajstić information content (AvgIpc) is 2.85. The fourth-order valence-electron chi connectivity index (χ4n) is 2.20. The summed E-state index contributed by atoms with van der Waals surface area (Å²) in [6.45, 7) is 0. The first-order chi connectivity index (χ1) is 10.6. The van der Waals surface area contributed by atoms with E-state index in [9.17, 15) is 14.4 Å². The molecule has 2 aliphatic rings. The van der Waals surface area contributed by atoms with Gasteiger partial charge in [0.2, 0.25) is 5.91 Å². The molecular weight excluding hydrogens is 324 g/mol. The van der Waals surface area contributed by atoms with Crippen molar-refractivity contribution >= 4 is 46.8 Å². The second-order valence-electron chi connectivity index (χ2n) is 4.71. The molecule has 0 spiro atoms. The van der Waals surface area contributed by atoms with Gasteiger partial charge in [0.05, 0.1) is 5.75 Å². The maximum atomic E-state index is 12.1. The second-order valence-corrected chi connectivity index (χ2v) is 6.18. The maximum absolute atomic E-state index is 12.1. The van der Waals surface area contributed by atoms with Crippen LogP contribution in [0.2, 0.25) is 0 Å². The molecule has 7 nitrogen and oxygen atoms in total. The van der Waals surface area contributed by atoms with Crippen molar-refractivity contribution < 1.29 is 14.4 Å². The Morgan fingerprint density at radius 1 is 1.14 bits per heavy atom. The molecule has 9 heteroatoms. The first kappa shape index (κ1) is 14.9. The van der Waals surface area contributed by atoms with E-state index in [1.165, 1.54) is 16.8 Å². The Labute approximate surface area is 135 Å². The number of nitrogens with one attached hydrogen (secondary N) is 3. The summed E-state index contributed by atoms with van der Waals surface area (Å²) in [5.41, 5.74) is 3.63. The summed E-state index contributed by atoms with van der Waals surface area (Å²) in [7, 11) is 0. The number of benzene rings is 1. The molecule has 1 aromatic carbocycles. The van der Waals surface area contributed by atoms with Crippen molar-refractivity contribution in [1.29, 1.82) is 0 Å². The predicted octanol–water partition coefficient (Wildman–Crippen LogP) is -0.335. The minimum atomic E-state index is -1.19. The van der Waals surface area contributed by atoms with E-state index in [1.54, 1.807) is 0 Å². The Kier molecular flexibility index (Phi) is 4.10. The number of thioether (sulfide) groups is 1. The van der Waals surface area contributed by atoms with Gasteiger partial charge in [-0.05, 0) is 17.8 Å². The number of hydrazine groups is 1. The predicted molar refractivity (Wildman–Crippen MR) is 84.3 cm³/mol. The van der Waals surface area contributed by atoms with Crippen molar-refractivity contribution in [2.75, 3.05) is 5.75 Å². The van der Waals surface area contributed by atoms with Gasteiger partial charge in [0, 0.05) is 0 Å². The van der Waals surface area contributed by atoms with E-state index in [0.29, 0.717) is 0 Å². The minimum absolute atomic E-state index is 0.0326. The Hall–Kier alpha value is -1.97. The molecule has 114 valence electrons. The molecule has 0 saturated carbocycles. The van der Waals surface area contributed by atoms with E-state index in [4.69, 9.17) is 12.2 Å². The number of thiocarbonyl (C=S) groups is 1. The number of hydrogen-bond acceptors (Lipinski definition) is 6. The highest BCUT2D eigenvalue weighted by molar-refractivity contribution is 8.00. The van der Waals surface area contributed by atoms with Crippen LogP contribution in [0.1, 0.15) is 10.9 Å². The van der Waals surface area contributed by atoms with E-state index in [-0.39, 0.29) is 22.1 Å². The first-order valence-corrected chi connectivity index (χ1v) is 7.92. The zero-order valence-electron chi connectivity index (χ0n) is 11.2. The molecule has 1 unspecified atom stereocenters. The molecule has 1 atom stereocenters. The van der Waals surface area contributed by atoms with E-state index in [0.717, 1.165) is 5.56 Å². The molecule has 3 rings (SSSR count).